The second kappa shape index (κ2) is 10.0. The lowest BCUT2D eigenvalue weighted by Gasteiger charge is -2.17. The first-order valence-corrected chi connectivity index (χ1v) is 14.3. The molecule has 0 spiro atoms. The molecule has 1 atom stereocenters. The van der Waals surface area contributed by atoms with Crippen LogP contribution in [0.5, 0.6) is 5.75 Å². The lowest BCUT2D eigenvalue weighted by atomic mass is 9.99. The number of amides is 2. The van der Waals surface area contributed by atoms with Crippen LogP contribution in [0.25, 0.3) is 22.2 Å². The van der Waals surface area contributed by atoms with Crippen molar-refractivity contribution in [2.45, 2.75) is 50.4 Å². The minimum Gasteiger partial charge on any atom is -0.420 e. The average Bonchev–Trinajstić information content (AvgIpc) is 3.68. The molecule has 0 saturated heterocycles. The number of carbonyl (C=O) groups is 2. The van der Waals surface area contributed by atoms with Crippen molar-refractivity contribution in [1.82, 2.24) is 24.8 Å². The number of carbonyl (C=O) groups excluding carboxylic acids is 2. The number of halogens is 3. The van der Waals surface area contributed by atoms with Crippen LogP contribution in [0.2, 0.25) is 0 Å². The van der Waals surface area contributed by atoms with Gasteiger partial charge in [-0.15, -0.1) is 8.78 Å². The van der Waals surface area contributed by atoms with Gasteiger partial charge in [-0.1, -0.05) is 0 Å². The van der Waals surface area contributed by atoms with Crippen LogP contribution >= 0.6 is 11.6 Å². The van der Waals surface area contributed by atoms with E-state index < -0.39 is 11.5 Å². The summed E-state index contributed by atoms with van der Waals surface area (Å²) in [4.78, 5) is 38.2. The van der Waals surface area contributed by atoms with Crippen LogP contribution in [-0.4, -0.2) is 55.9 Å². The molecule has 2 amide bonds. The standard InChI is InChI=1S/C30H27ClF2N6O3/c1-16-13-34-9-8-26-37-24-12-17(28(40)36-19-2-6-21(7-3-19)42-30(31,32)33)10-22(27(24)39(16)26)18-11-23-25(35-14-18)15-38(29(23)41)20-4-5-20/h2-3,6-7,10-12,14,16,20,34H,4-5,8-9,13,15H2,1H3,(H,36,40)/t16-/m1/s1. The van der Waals surface area contributed by atoms with Crippen molar-refractivity contribution in [2.75, 3.05) is 18.4 Å². The number of pyridine rings is 1. The Labute approximate surface area is 244 Å². The second-order valence-corrected chi connectivity index (χ2v) is 11.4. The summed E-state index contributed by atoms with van der Waals surface area (Å²) in [5, 5.41) is 6.25. The highest BCUT2D eigenvalue weighted by Crippen LogP contribution is 2.38. The molecule has 9 nitrogen and oxygen atoms in total. The molecule has 216 valence electrons. The van der Waals surface area contributed by atoms with E-state index in [1.807, 2.05) is 11.0 Å². The number of nitrogens with one attached hydrogen (secondary N) is 2. The molecule has 12 heteroatoms. The number of nitrogens with zero attached hydrogens (tertiary/aromatic N) is 4. The first kappa shape index (κ1) is 26.8. The Bertz CT molecular complexity index is 1730. The van der Waals surface area contributed by atoms with Gasteiger partial charge in [0, 0.05) is 71.8 Å². The number of ether oxygens (including phenoxy) is 1. The summed E-state index contributed by atoms with van der Waals surface area (Å²) in [6.45, 7) is 4.21. The molecule has 1 aliphatic carbocycles. The maximum absolute atomic E-state index is 13.5. The fourth-order valence-corrected chi connectivity index (χ4v) is 5.94. The first-order chi connectivity index (χ1) is 20.1. The largest absolute Gasteiger partial charge is 0.487 e. The highest BCUT2D eigenvalue weighted by atomic mass is 35.5. The van der Waals surface area contributed by atoms with Gasteiger partial charge in [-0.05, 0) is 62.2 Å². The summed E-state index contributed by atoms with van der Waals surface area (Å²) >= 11 is 4.84. The van der Waals surface area contributed by atoms with Gasteiger partial charge < -0.3 is 24.8 Å². The molecule has 0 bridgehead atoms. The maximum Gasteiger partial charge on any atom is 0.487 e. The van der Waals surface area contributed by atoms with Crippen LogP contribution in [0, 0.1) is 0 Å². The predicted octanol–water partition coefficient (Wildman–Crippen LogP) is 5.34. The number of imidazole rings is 1. The lowest BCUT2D eigenvalue weighted by molar-refractivity contribution is -0.0964. The van der Waals surface area contributed by atoms with Crippen LogP contribution in [0.3, 0.4) is 0 Å². The molecule has 2 aromatic heterocycles. The molecule has 2 aliphatic heterocycles. The number of hydrogen-bond acceptors (Lipinski definition) is 6. The number of aromatic nitrogens is 3. The van der Waals surface area contributed by atoms with Crippen LogP contribution in [0.4, 0.5) is 14.5 Å². The summed E-state index contributed by atoms with van der Waals surface area (Å²) < 4.78 is 32.5. The normalized spacial score (nSPS) is 18.5. The Morgan fingerprint density at radius 3 is 2.69 bits per heavy atom. The number of anilines is 1. The summed E-state index contributed by atoms with van der Waals surface area (Å²) in [6, 6.07) is 11.3. The number of alkyl halides is 3. The molecule has 7 rings (SSSR count). The third-order valence-electron chi connectivity index (χ3n) is 7.95. The zero-order valence-corrected chi connectivity index (χ0v) is 23.4. The van der Waals surface area contributed by atoms with E-state index >= 15 is 0 Å². The van der Waals surface area contributed by atoms with E-state index in [9.17, 15) is 18.4 Å². The van der Waals surface area contributed by atoms with E-state index in [4.69, 9.17) is 16.6 Å². The SMILES string of the molecule is C[C@@H]1CNCCc2nc3cc(C(=O)Nc4ccc(OC(F)(F)Cl)cc4)cc(-c4cnc5c(c4)C(=O)N(C4CC4)C5)c3n21. The lowest BCUT2D eigenvalue weighted by Crippen LogP contribution is -2.25. The van der Waals surface area contributed by atoms with Gasteiger partial charge in [0.1, 0.15) is 11.6 Å². The molecule has 0 unspecified atom stereocenters. The zero-order chi connectivity index (χ0) is 29.2. The molecule has 4 aromatic rings. The Kier molecular flexibility index (Phi) is 6.39. The van der Waals surface area contributed by atoms with Crippen molar-refractivity contribution in [3.05, 3.63) is 71.3 Å². The van der Waals surface area contributed by atoms with Gasteiger partial charge in [0.15, 0.2) is 0 Å². The van der Waals surface area contributed by atoms with Crippen molar-refractivity contribution in [2.24, 2.45) is 0 Å². The zero-order valence-electron chi connectivity index (χ0n) is 22.7. The monoisotopic (exact) mass is 592 g/mol. The molecule has 1 fully saturated rings. The predicted molar refractivity (Wildman–Crippen MR) is 153 cm³/mol. The number of hydrogen-bond donors (Lipinski definition) is 2. The molecular weight excluding hydrogens is 566 g/mol. The first-order valence-electron chi connectivity index (χ1n) is 13.9. The molecule has 42 heavy (non-hydrogen) atoms. The second-order valence-electron chi connectivity index (χ2n) is 11.0. The third-order valence-corrected chi connectivity index (χ3v) is 8.03. The van der Waals surface area contributed by atoms with Gasteiger partial charge in [0.05, 0.1) is 28.8 Å². The average molecular weight is 593 g/mol. The molecular formula is C30H27ClF2N6O3. The van der Waals surface area contributed by atoms with Gasteiger partial charge in [0.2, 0.25) is 0 Å². The third kappa shape index (κ3) is 4.96. The summed E-state index contributed by atoms with van der Waals surface area (Å²) in [5.41, 5.74) is 1.31. The van der Waals surface area contributed by atoms with E-state index in [0.717, 1.165) is 60.5 Å². The number of rotatable bonds is 6. The fraction of sp³-hybridized carbons (Fsp3) is 0.333. The molecule has 2 aromatic carbocycles. The Hall–Kier alpha value is -4.09. The van der Waals surface area contributed by atoms with Gasteiger partial charge in [-0.25, -0.2) is 4.98 Å². The van der Waals surface area contributed by atoms with Gasteiger partial charge in [-0.2, -0.15) is 0 Å². The highest BCUT2D eigenvalue weighted by Gasteiger charge is 2.39. The molecule has 0 radical (unpaired) electrons. The van der Waals surface area contributed by atoms with Crippen LogP contribution < -0.4 is 15.4 Å². The maximum atomic E-state index is 13.5. The van der Waals surface area contributed by atoms with Crippen molar-refractivity contribution in [3.8, 4) is 16.9 Å². The summed E-state index contributed by atoms with van der Waals surface area (Å²) in [6.07, 6.45) is 4.54. The smallest absolute Gasteiger partial charge is 0.420 e. The van der Waals surface area contributed by atoms with Crippen LogP contribution in [-0.2, 0) is 13.0 Å². The van der Waals surface area contributed by atoms with Crippen molar-refractivity contribution < 1.29 is 23.1 Å². The Morgan fingerprint density at radius 1 is 1.17 bits per heavy atom. The summed E-state index contributed by atoms with van der Waals surface area (Å²) in [5.74, 6) is 0.366. The highest BCUT2D eigenvalue weighted by molar-refractivity contribution is 6.20. The van der Waals surface area contributed by atoms with E-state index in [2.05, 4.69) is 31.8 Å². The van der Waals surface area contributed by atoms with Crippen LogP contribution in [0.15, 0.2) is 48.7 Å². The van der Waals surface area contributed by atoms with Crippen LogP contribution in [0.1, 0.15) is 58.0 Å². The van der Waals surface area contributed by atoms with Crippen molar-refractivity contribution in [1.29, 1.82) is 0 Å². The van der Waals surface area contributed by atoms with Gasteiger partial charge >= 0.3 is 5.57 Å². The van der Waals surface area contributed by atoms with E-state index in [-0.39, 0.29) is 17.7 Å². The number of benzene rings is 2. The molecule has 1 saturated carbocycles. The quantitative estimate of drug-likeness (QED) is 0.293. The molecule has 3 aliphatic rings. The Morgan fingerprint density at radius 2 is 1.95 bits per heavy atom. The van der Waals surface area contributed by atoms with Crippen molar-refractivity contribution >= 4 is 40.1 Å². The minimum absolute atomic E-state index is 0.00368. The van der Waals surface area contributed by atoms with E-state index in [1.54, 1.807) is 18.3 Å². The Balaban J connectivity index is 1.29. The fourth-order valence-electron chi connectivity index (χ4n) is 5.85. The minimum atomic E-state index is -3.83. The van der Waals surface area contributed by atoms with Gasteiger partial charge in [0.25, 0.3) is 11.8 Å². The molecule has 4 heterocycles. The van der Waals surface area contributed by atoms with E-state index in [1.165, 1.54) is 24.3 Å². The summed E-state index contributed by atoms with van der Waals surface area (Å²) in [7, 11) is 0. The number of fused-ring (bicyclic) bond motifs is 4. The van der Waals surface area contributed by atoms with Crippen molar-refractivity contribution in [3.63, 3.8) is 0 Å². The molecule has 2 N–H and O–H groups in total. The van der Waals surface area contributed by atoms with E-state index in [0.29, 0.717) is 34.9 Å². The van der Waals surface area contributed by atoms with Gasteiger partial charge in [-0.3, -0.25) is 14.6 Å². The topological polar surface area (TPSA) is 101 Å².